The SMILES string of the molecule is Cc1nnc(CN2CCCNCC2)n1C1CCCC1. The van der Waals surface area contributed by atoms with Crippen molar-refractivity contribution in [1.82, 2.24) is 25.0 Å². The van der Waals surface area contributed by atoms with Crippen molar-refractivity contribution >= 4 is 0 Å². The smallest absolute Gasteiger partial charge is 0.147 e. The van der Waals surface area contributed by atoms with E-state index in [-0.39, 0.29) is 0 Å². The predicted octanol–water partition coefficient (Wildman–Crippen LogP) is 1.50. The van der Waals surface area contributed by atoms with Gasteiger partial charge < -0.3 is 9.88 Å². The Morgan fingerprint density at radius 2 is 1.95 bits per heavy atom. The molecule has 0 radical (unpaired) electrons. The normalized spacial score (nSPS) is 22.8. The molecule has 0 amide bonds. The van der Waals surface area contributed by atoms with Crippen LogP contribution in [0.5, 0.6) is 0 Å². The summed E-state index contributed by atoms with van der Waals surface area (Å²) in [7, 11) is 0. The summed E-state index contributed by atoms with van der Waals surface area (Å²) in [6.07, 6.45) is 6.54. The van der Waals surface area contributed by atoms with Crippen LogP contribution < -0.4 is 5.32 Å². The van der Waals surface area contributed by atoms with E-state index in [4.69, 9.17) is 0 Å². The third-order valence-electron chi connectivity index (χ3n) is 4.42. The first-order chi connectivity index (χ1) is 9.34. The Kier molecular flexibility index (Phi) is 4.13. The predicted molar refractivity (Wildman–Crippen MR) is 75.0 cm³/mol. The van der Waals surface area contributed by atoms with Gasteiger partial charge in [0.2, 0.25) is 0 Å². The van der Waals surface area contributed by atoms with E-state index in [2.05, 4.69) is 31.9 Å². The van der Waals surface area contributed by atoms with Gasteiger partial charge in [0.25, 0.3) is 0 Å². The molecule has 0 unspecified atom stereocenters. The molecule has 0 spiro atoms. The fraction of sp³-hybridized carbons (Fsp3) is 0.857. The standard InChI is InChI=1S/C14H25N5/c1-12-16-17-14(19(12)13-5-2-3-6-13)11-18-9-4-7-15-8-10-18/h13,15H,2-11H2,1H3. The van der Waals surface area contributed by atoms with Crippen molar-refractivity contribution < 1.29 is 0 Å². The van der Waals surface area contributed by atoms with E-state index in [0.29, 0.717) is 6.04 Å². The third-order valence-corrected chi connectivity index (χ3v) is 4.42. The molecule has 106 valence electrons. The highest BCUT2D eigenvalue weighted by molar-refractivity contribution is 4.99. The number of aromatic nitrogens is 3. The van der Waals surface area contributed by atoms with Crippen LogP contribution in [0.2, 0.25) is 0 Å². The summed E-state index contributed by atoms with van der Waals surface area (Å²) in [4.78, 5) is 2.51. The van der Waals surface area contributed by atoms with Crippen molar-refractivity contribution in [3.8, 4) is 0 Å². The van der Waals surface area contributed by atoms with Crippen molar-refractivity contribution in [3.05, 3.63) is 11.6 Å². The largest absolute Gasteiger partial charge is 0.315 e. The fourth-order valence-electron chi connectivity index (χ4n) is 3.42. The van der Waals surface area contributed by atoms with Gasteiger partial charge in [-0.1, -0.05) is 12.8 Å². The van der Waals surface area contributed by atoms with Crippen LogP contribution in [0, 0.1) is 6.92 Å². The molecule has 1 saturated carbocycles. The summed E-state index contributed by atoms with van der Waals surface area (Å²) in [6.45, 7) is 7.58. The van der Waals surface area contributed by atoms with Crippen LogP contribution in [0.4, 0.5) is 0 Å². The molecule has 5 nitrogen and oxygen atoms in total. The summed E-state index contributed by atoms with van der Waals surface area (Å²) < 4.78 is 2.41. The van der Waals surface area contributed by atoms with E-state index < -0.39 is 0 Å². The molecule has 1 saturated heterocycles. The number of hydrogen-bond donors (Lipinski definition) is 1. The van der Waals surface area contributed by atoms with Gasteiger partial charge in [-0.2, -0.15) is 0 Å². The molecule has 1 aromatic heterocycles. The van der Waals surface area contributed by atoms with Gasteiger partial charge in [0.1, 0.15) is 11.6 Å². The molecule has 2 aliphatic rings. The minimum atomic E-state index is 0.648. The van der Waals surface area contributed by atoms with Gasteiger partial charge in [-0.25, -0.2) is 0 Å². The molecule has 2 fully saturated rings. The first kappa shape index (κ1) is 13.1. The Morgan fingerprint density at radius 1 is 1.11 bits per heavy atom. The van der Waals surface area contributed by atoms with Crippen LogP contribution in [-0.2, 0) is 6.54 Å². The van der Waals surface area contributed by atoms with Crippen LogP contribution in [0.1, 0.15) is 49.8 Å². The fourth-order valence-corrected chi connectivity index (χ4v) is 3.42. The summed E-state index contributed by atoms with van der Waals surface area (Å²) in [5, 5.41) is 12.2. The second-order valence-corrected chi connectivity index (χ2v) is 5.85. The lowest BCUT2D eigenvalue weighted by Gasteiger charge is -2.21. The average molecular weight is 263 g/mol. The molecule has 3 rings (SSSR count). The van der Waals surface area contributed by atoms with Crippen molar-refractivity contribution in [2.24, 2.45) is 0 Å². The number of rotatable bonds is 3. The van der Waals surface area contributed by atoms with Gasteiger partial charge in [0, 0.05) is 19.1 Å². The highest BCUT2D eigenvalue weighted by Gasteiger charge is 2.23. The van der Waals surface area contributed by atoms with Gasteiger partial charge in [0.15, 0.2) is 0 Å². The molecule has 2 heterocycles. The van der Waals surface area contributed by atoms with Gasteiger partial charge in [0.05, 0.1) is 6.54 Å². The van der Waals surface area contributed by atoms with E-state index in [1.165, 1.54) is 44.5 Å². The molecule has 1 N–H and O–H groups in total. The second kappa shape index (κ2) is 6.01. The molecule has 0 aromatic carbocycles. The van der Waals surface area contributed by atoms with Crippen molar-refractivity contribution in [2.45, 2.75) is 51.6 Å². The van der Waals surface area contributed by atoms with E-state index >= 15 is 0 Å². The van der Waals surface area contributed by atoms with Gasteiger partial charge in [-0.15, -0.1) is 10.2 Å². The number of nitrogens with zero attached hydrogens (tertiary/aromatic N) is 4. The van der Waals surface area contributed by atoms with Crippen LogP contribution >= 0.6 is 0 Å². The average Bonchev–Trinajstić information content (AvgIpc) is 2.95. The zero-order valence-electron chi connectivity index (χ0n) is 11.9. The van der Waals surface area contributed by atoms with E-state index in [9.17, 15) is 0 Å². The summed E-state index contributed by atoms with van der Waals surface area (Å²) >= 11 is 0. The van der Waals surface area contributed by atoms with Gasteiger partial charge in [-0.3, -0.25) is 4.90 Å². The highest BCUT2D eigenvalue weighted by Crippen LogP contribution is 2.31. The molecule has 1 aliphatic carbocycles. The Bertz CT molecular complexity index is 400. The summed E-state index contributed by atoms with van der Waals surface area (Å²) in [5.74, 6) is 2.26. The molecular weight excluding hydrogens is 238 g/mol. The summed E-state index contributed by atoms with van der Waals surface area (Å²) in [6, 6.07) is 0.648. The molecule has 0 bridgehead atoms. The van der Waals surface area contributed by atoms with Gasteiger partial charge in [-0.05, 0) is 39.3 Å². The minimum absolute atomic E-state index is 0.648. The Balaban J connectivity index is 1.72. The topological polar surface area (TPSA) is 46.0 Å². The highest BCUT2D eigenvalue weighted by atomic mass is 15.3. The number of nitrogens with one attached hydrogen (secondary N) is 1. The molecular formula is C14H25N5. The lowest BCUT2D eigenvalue weighted by Crippen LogP contribution is -2.29. The molecule has 19 heavy (non-hydrogen) atoms. The zero-order valence-corrected chi connectivity index (χ0v) is 11.9. The van der Waals surface area contributed by atoms with E-state index in [0.717, 1.165) is 32.0 Å². The van der Waals surface area contributed by atoms with E-state index in [1.54, 1.807) is 0 Å². The molecule has 1 aromatic rings. The quantitative estimate of drug-likeness (QED) is 0.897. The number of hydrogen-bond acceptors (Lipinski definition) is 4. The Labute approximate surface area is 115 Å². The van der Waals surface area contributed by atoms with Crippen LogP contribution in [-0.4, -0.2) is 45.8 Å². The first-order valence-electron chi connectivity index (χ1n) is 7.68. The van der Waals surface area contributed by atoms with Crippen LogP contribution in [0.15, 0.2) is 0 Å². The first-order valence-corrected chi connectivity index (χ1v) is 7.68. The minimum Gasteiger partial charge on any atom is -0.315 e. The zero-order chi connectivity index (χ0) is 13.1. The maximum Gasteiger partial charge on any atom is 0.147 e. The van der Waals surface area contributed by atoms with Crippen LogP contribution in [0.3, 0.4) is 0 Å². The Morgan fingerprint density at radius 3 is 2.79 bits per heavy atom. The van der Waals surface area contributed by atoms with Crippen molar-refractivity contribution in [2.75, 3.05) is 26.2 Å². The third kappa shape index (κ3) is 2.98. The van der Waals surface area contributed by atoms with Crippen LogP contribution in [0.25, 0.3) is 0 Å². The maximum atomic E-state index is 4.44. The molecule has 5 heteroatoms. The summed E-state index contributed by atoms with van der Waals surface area (Å²) in [5.41, 5.74) is 0. The van der Waals surface area contributed by atoms with Gasteiger partial charge >= 0.3 is 0 Å². The molecule has 1 aliphatic heterocycles. The lowest BCUT2D eigenvalue weighted by atomic mass is 10.2. The second-order valence-electron chi connectivity index (χ2n) is 5.85. The van der Waals surface area contributed by atoms with Crippen molar-refractivity contribution in [1.29, 1.82) is 0 Å². The number of aryl methyl sites for hydroxylation is 1. The van der Waals surface area contributed by atoms with Crippen molar-refractivity contribution in [3.63, 3.8) is 0 Å². The van der Waals surface area contributed by atoms with E-state index in [1.807, 2.05) is 0 Å². The monoisotopic (exact) mass is 263 g/mol. The lowest BCUT2D eigenvalue weighted by molar-refractivity contribution is 0.268. The maximum absolute atomic E-state index is 4.44. The molecule has 0 atom stereocenters. The Hall–Kier alpha value is -0.940.